The van der Waals surface area contributed by atoms with E-state index in [1.165, 1.54) is 16.2 Å². The van der Waals surface area contributed by atoms with Gasteiger partial charge in [-0.25, -0.2) is 4.98 Å². The Hall–Kier alpha value is -2.49. The largest absolute Gasteiger partial charge is 0.550 e. The van der Waals surface area contributed by atoms with E-state index in [-0.39, 0.29) is 18.9 Å². The van der Waals surface area contributed by atoms with E-state index in [4.69, 9.17) is 16.6 Å². The number of amides is 1. The Labute approximate surface area is 167 Å². The van der Waals surface area contributed by atoms with Gasteiger partial charge in [-0.1, -0.05) is 36.1 Å². The molecule has 3 aromatic rings. The van der Waals surface area contributed by atoms with Gasteiger partial charge in [-0.15, -0.1) is 11.3 Å². The summed E-state index contributed by atoms with van der Waals surface area (Å²) in [6.07, 6.45) is 1.34. The Morgan fingerprint density at radius 1 is 1.30 bits per heavy atom. The van der Waals surface area contributed by atoms with Crippen molar-refractivity contribution in [3.63, 3.8) is 0 Å². The minimum atomic E-state index is -1.22. The van der Waals surface area contributed by atoms with Crippen LogP contribution in [0.2, 0.25) is 0 Å². The van der Waals surface area contributed by atoms with Gasteiger partial charge < -0.3 is 14.3 Å². The van der Waals surface area contributed by atoms with E-state index >= 15 is 0 Å². The fourth-order valence-electron chi connectivity index (χ4n) is 2.55. The molecule has 4 rings (SSSR count). The minimum absolute atomic E-state index is 0.000546. The predicted octanol–water partition coefficient (Wildman–Crippen LogP) is 2.90. The highest BCUT2D eigenvalue weighted by Crippen LogP contribution is 2.35. The van der Waals surface area contributed by atoms with E-state index in [9.17, 15) is 14.7 Å². The van der Waals surface area contributed by atoms with Crippen LogP contribution in [-0.4, -0.2) is 32.6 Å². The molecule has 1 aromatic carbocycles. The number of carboxylic acids is 1. The van der Waals surface area contributed by atoms with Gasteiger partial charge in [0.25, 0.3) is 5.91 Å². The number of nitrogens with zero attached hydrogens (tertiary/aromatic N) is 2. The van der Waals surface area contributed by atoms with Crippen molar-refractivity contribution in [3.8, 4) is 10.8 Å². The zero-order valence-electron chi connectivity index (χ0n) is 13.7. The lowest BCUT2D eigenvalue weighted by atomic mass is 10.3. The summed E-state index contributed by atoms with van der Waals surface area (Å²) in [5.74, 6) is -0.428. The SMILES string of the molecule is O=C([O-])CCN1C(=O)/C(=C/c2ccc(-c3nc4ccccc4s3)o2)SC1=S. The molecule has 0 spiro atoms. The first-order valence-corrected chi connectivity index (χ1v) is 9.96. The zero-order valence-corrected chi connectivity index (χ0v) is 16.2. The van der Waals surface area contributed by atoms with Gasteiger partial charge in [-0.3, -0.25) is 9.69 Å². The molecule has 1 aliphatic heterocycles. The minimum Gasteiger partial charge on any atom is -0.550 e. The average molecular weight is 415 g/mol. The van der Waals surface area contributed by atoms with E-state index in [2.05, 4.69) is 4.98 Å². The van der Waals surface area contributed by atoms with Gasteiger partial charge in [0.2, 0.25) is 0 Å². The van der Waals surface area contributed by atoms with Gasteiger partial charge in [-0.05, 0) is 24.3 Å². The lowest BCUT2D eigenvalue weighted by molar-refractivity contribution is -0.305. The summed E-state index contributed by atoms with van der Waals surface area (Å²) in [5.41, 5.74) is 0.907. The van der Waals surface area contributed by atoms with Crippen LogP contribution in [0.15, 0.2) is 45.7 Å². The standard InChI is InChI=1S/C18H12N2O4S3/c21-15(22)7-8-20-17(23)14(27-18(20)25)9-10-5-6-12(24-10)16-19-11-3-1-2-4-13(11)26-16/h1-6,9H,7-8H2,(H,21,22)/p-1/b14-9-. The summed E-state index contributed by atoms with van der Waals surface area (Å²) < 4.78 is 7.21. The summed E-state index contributed by atoms with van der Waals surface area (Å²) in [6, 6.07) is 11.4. The van der Waals surface area contributed by atoms with Crippen LogP contribution in [0.25, 0.3) is 27.1 Å². The second kappa shape index (κ2) is 7.26. The molecule has 136 valence electrons. The number of carbonyl (C=O) groups excluding carboxylic acids is 2. The summed E-state index contributed by atoms with van der Waals surface area (Å²) in [7, 11) is 0. The van der Waals surface area contributed by atoms with Crippen molar-refractivity contribution in [1.29, 1.82) is 0 Å². The number of fused-ring (bicyclic) bond motifs is 1. The van der Waals surface area contributed by atoms with Crippen LogP contribution in [0.1, 0.15) is 12.2 Å². The Morgan fingerprint density at radius 3 is 2.89 bits per heavy atom. The van der Waals surface area contributed by atoms with Crippen LogP contribution in [-0.2, 0) is 9.59 Å². The lowest BCUT2D eigenvalue weighted by Gasteiger charge is -2.14. The Kier molecular flexibility index (Phi) is 4.81. The number of hydrogen-bond donors (Lipinski definition) is 0. The Bertz CT molecular complexity index is 1070. The van der Waals surface area contributed by atoms with E-state index in [0.29, 0.717) is 20.7 Å². The molecule has 0 atom stereocenters. The molecule has 1 amide bonds. The number of furan rings is 1. The maximum absolute atomic E-state index is 12.4. The smallest absolute Gasteiger partial charge is 0.266 e. The Balaban J connectivity index is 1.55. The number of aromatic nitrogens is 1. The molecule has 0 saturated carbocycles. The van der Waals surface area contributed by atoms with E-state index < -0.39 is 5.97 Å². The van der Waals surface area contributed by atoms with E-state index in [1.54, 1.807) is 18.2 Å². The van der Waals surface area contributed by atoms with Gasteiger partial charge in [0, 0.05) is 25.0 Å². The second-order valence-corrected chi connectivity index (χ2v) is 8.35. The van der Waals surface area contributed by atoms with E-state index in [1.807, 2.05) is 24.3 Å². The van der Waals surface area contributed by atoms with Crippen molar-refractivity contribution < 1.29 is 19.1 Å². The molecule has 0 aliphatic carbocycles. The van der Waals surface area contributed by atoms with Gasteiger partial charge in [0.1, 0.15) is 10.1 Å². The third-order valence-electron chi connectivity index (χ3n) is 3.82. The van der Waals surface area contributed by atoms with Crippen molar-refractivity contribution >= 4 is 67.8 Å². The van der Waals surface area contributed by atoms with Crippen LogP contribution in [0.3, 0.4) is 0 Å². The molecule has 0 unspecified atom stereocenters. The number of para-hydroxylation sites is 1. The van der Waals surface area contributed by atoms with Crippen LogP contribution >= 0.6 is 35.3 Å². The molecule has 0 radical (unpaired) electrons. The number of aliphatic carboxylic acids is 1. The highest BCUT2D eigenvalue weighted by atomic mass is 32.2. The normalized spacial score (nSPS) is 16.0. The fourth-order valence-corrected chi connectivity index (χ4v) is 4.76. The number of thiocarbonyl (C=S) groups is 1. The van der Waals surface area contributed by atoms with Gasteiger partial charge in [0.05, 0.1) is 15.1 Å². The summed E-state index contributed by atoms with van der Waals surface area (Å²) in [6.45, 7) is -0.000546. The number of benzene rings is 1. The van der Waals surface area contributed by atoms with Gasteiger partial charge in [0.15, 0.2) is 10.8 Å². The predicted molar refractivity (Wildman–Crippen MR) is 107 cm³/mol. The number of rotatable bonds is 5. The van der Waals surface area contributed by atoms with Crippen molar-refractivity contribution in [2.45, 2.75) is 6.42 Å². The van der Waals surface area contributed by atoms with Crippen molar-refractivity contribution in [2.24, 2.45) is 0 Å². The summed E-state index contributed by atoms with van der Waals surface area (Å²) in [4.78, 5) is 29.2. The molecular weight excluding hydrogens is 404 g/mol. The first-order valence-electron chi connectivity index (χ1n) is 7.92. The number of carbonyl (C=O) groups is 2. The zero-order chi connectivity index (χ0) is 19.0. The van der Waals surface area contributed by atoms with Crippen molar-refractivity contribution in [2.75, 3.05) is 6.54 Å². The van der Waals surface area contributed by atoms with Crippen LogP contribution in [0.4, 0.5) is 0 Å². The van der Waals surface area contributed by atoms with Crippen LogP contribution in [0, 0.1) is 0 Å². The van der Waals surface area contributed by atoms with Gasteiger partial charge >= 0.3 is 0 Å². The molecule has 0 bridgehead atoms. The number of hydrogen-bond acceptors (Lipinski definition) is 8. The molecular formula is C18H11N2O4S3-. The first kappa shape index (κ1) is 17.9. The van der Waals surface area contributed by atoms with Gasteiger partial charge in [-0.2, -0.15) is 0 Å². The molecule has 1 saturated heterocycles. The summed E-state index contributed by atoms with van der Waals surface area (Å²) in [5, 5.41) is 11.4. The number of thioether (sulfide) groups is 1. The molecule has 1 fully saturated rings. The number of thiazole rings is 1. The van der Waals surface area contributed by atoms with E-state index in [0.717, 1.165) is 27.0 Å². The first-order chi connectivity index (χ1) is 13.0. The third kappa shape index (κ3) is 3.66. The monoisotopic (exact) mass is 415 g/mol. The lowest BCUT2D eigenvalue weighted by Crippen LogP contribution is -2.33. The number of carboxylic acid groups (broad SMARTS) is 1. The highest BCUT2D eigenvalue weighted by Gasteiger charge is 2.31. The maximum atomic E-state index is 12.4. The third-order valence-corrected chi connectivity index (χ3v) is 6.25. The molecule has 3 heterocycles. The molecule has 2 aromatic heterocycles. The van der Waals surface area contributed by atoms with Crippen molar-refractivity contribution in [1.82, 2.24) is 9.88 Å². The molecule has 1 aliphatic rings. The summed E-state index contributed by atoms with van der Waals surface area (Å²) >= 11 is 7.80. The highest BCUT2D eigenvalue weighted by molar-refractivity contribution is 8.26. The fraction of sp³-hybridized carbons (Fsp3) is 0.111. The Morgan fingerprint density at radius 2 is 2.11 bits per heavy atom. The van der Waals surface area contributed by atoms with Crippen molar-refractivity contribution in [3.05, 3.63) is 47.1 Å². The molecule has 27 heavy (non-hydrogen) atoms. The second-order valence-electron chi connectivity index (χ2n) is 5.64. The average Bonchev–Trinajstić information content (AvgIpc) is 3.32. The molecule has 0 N–H and O–H groups in total. The van der Waals surface area contributed by atoms with Crippen LogP contribution < -0.4 is 5.11 Å². The topological polar surface area (TPSA) is 86.5 Å². The van der Waals surface area contributed by atoms with Crippen LogP contribution in [0.5, 0.6) is 0 Å². The quantitative estimate of drug-likeness (QED) is 0.468. The molecule has 9 heteroatoms. The molecule has 6 nitrogen and oxygen atoms in total. The maximum Gasteiger partial charge on any atom is 0.266 e.